The Morgan fingerprint density at radius 1 is 0.277 bits per heavy atom. The van der Waals surface area contributed by atoms with Gasteiger partial charge in [-0.1, -0.05) is 182 Å². The average molecular weight is 661 g/mol. The van der Waals surface area contributed by atoms with Gasteiger partial charge in [0.15, 0.2) is 0 Å². The summed E-state index contributed by atoms with van der Waals surface area (Å²) in [4.78, 5) is 0. The smallest absolute Gasteiger partial charge is 0.118 e. The fourth-order valence-corrected chi connectivity index (χ4v) is 14.2. The number of hydrogen-bond acceptors (Lipinski definition) is 1. The van der Waals surface area contributed by atoms with E-state index in [0.717, 1.165) is 5.75 Å². The lowest BCUT2D eigenvalue weighted by molar-refractivity contribution is 0.415. The molecule has 0 spiro atoms. The fourth-order valence-electron chi connectivity index (χ4n) is 5.99. The number of benzene rings is 7. The molecule has 47 heavy (non-hydrogen) atoms. The van der Waals surface area contributed by atoms with Crippen molar-refractivity contribution in [1.29, 1.82) is 0 Å². The summed E-state index contributed by atoms with van der Waals surface area (Å²) < 4.78 is 5.63. The van der Waals surface area contributed by atoms with Gasteiger partial charge < -0.3 is 4.74 Å². The maximum absolute atomic E-state index is 5.63. The van der Waals surface area contributed by atoms with Crippen molar-refractivity contribution in [2.75, 3.05) is 7.11 Å². The Balaban J connectivity index is 1.49. The van der Waals surface area contributed by atoms with Crippen molar-refractivity contribution in [3.8, 4) is 5.75 Å². The quantitative estimate of drug-likeness (QED) is 0.144. The van der Waals surface area contributed by atoms with Gasteiger partial charge in [-0.05, 0) is 83.6 Å². The van der Waals surface area contributed by atoms with Crippen LogP contribution in [0.2, 0.25) is 0 Å². The highest BCUT2D eigenvalue weighted by Crippen LogP contribution is 2.42. The topological polar surface area (TPSA) is 9.23 Å². The standard InChI is InChI=1S/C43H35OP3/c1-44-34-30-32-39(33-31-34)47(42-28-16-14-26-40(42)45(35-18-6-2-7-19-35)36-20-8-3-9-21-36)43-29-17-15-27-41(43)46(37-22-10-4-11-23-37)38-24-12-5-13-25-38/h2-33H,1H3. The van der Waals surface area contributed by atoms with Crippen molar-refractivity contribution in [3.63, 3.8) is 0 Å². The van der Waals surface area contributed by atoms with Gasteiger partial charge in [-0.15, -0.1) is 0 Å². The van der Waals surface area contributed by atoms with Gasteiger partial charge in [0.1, 0.15) is 5.75 Å². The van der Waals surface area contributed by atoms with E-state index in [-0.39, 0.29) is 0 Å². The zero-order chi connectivity index (χ0) is 31.8. The molecule has 0 aliphatic carbocycles. The zero-order valence-corrected chi connectivity index (χ0v) is 28.9. The zero-order valence-electron chi connectivity index (χ0n) is 26.2. The number of rotatable bonds is 10. The predicted molar refractivity (Wildman–Crippen MR) is 209 cm³/mol. The molecule has 7 aromatic carbocycles. The molecular weight excluding hydrogens is 625 g/mol. The number of ether oxygens (including phenoxy) is 1. The Labute approximate surface area is 282 Å². The van der Waals surface area contributed by atoms with Crippen molar-refractivity contribution < 1.29 is 4.74 Å². The summed E-state index contributed by atoms with van der Waals surface area (Å²) in [5.41, 5.74) is 0. The van der Waals surface area contributed by atoms with Crippen LogP contribution >= 0.6 is 23.8 Å². The molecule has 228 valence electrons. The average Bonchev–Trinajstić information content (AvgIpc) is 3.15. The third-order valence-corrected chi connectivity index (χ3v) is 16.0. The van der Waals surface area contributed by atoms with Gasteiger partial charge in [0.25, 0.3) is 0 Å². The summed E-state index contributed by atoms with van der Waals surface area (Å²) in [5.74, 6) is 0.872. The molecule has 7 rings (SSSR count). The molecule has 0 saturated carbocycles. The maximum atomic E-state index is 5.63. The van der Waals surface area contributed by atoms with E-state index in [4.69, 9.17) is 4.74 Å². The van der Waals surface area contributed by atoms with E-state index in [9.17, 15) is 0 Å². The molecule has 0 aliphatic rings. The molecule has 0 radical (unpaired) electrons. The Kier molecular flexibility index (Phi) is 9.99. The monoisotopic (exact) mass is 660 g/mol. The van der Waals surface area contributed by atoms with Crippen LogP contribution in [0.5, 0.6) is 5.75 Å². The second-order valence-corrected chi connectivity index (χ2v) is 17.5. The first-order valence-electron chi connectivity index (χ1n) is 15.7. The van der Waals surface area contributed by atoms with E-state index in [1.54, 1.807) is 7.11 Å². The van der Waals surface area contributed by atoms with E-state index in [2.05, 4.69) is 194 Å². The maximum Gasteiger partial charge on any atom is 0.118 e. The molecule has 0 atom stereocenters. The Bertz CT molecular complexity index is 1810. The van der Waals surface area contributed by atoms with Gasteiger partial charge in [0, 0.05) is 0 Å². The predicted octanol–water partition coefficient (Wildman–Crippen LogP) is 6.97. The van der Waals surface area contributed by atoms with E-state index in [0.29, 0.717) is 0 Å². The van der Waals surface area contributed by atoms with Crippen LogP contribution in [0.3, 0.4) is 0 Å². The van der Waals surface area contributed by atoms with Gasteiger partial charge in [0.05, 0.1) is 7.11 Å². The summed E-state index contributed by atoms with van der Waals surface area (Å²) >= 11 is 0. The van der Waals surface area contributed by atoms with E-state index < -0.39 is 23.8 Å². The van der Waals surface area contributed by atoms with Gasteiger partial charge in [-0.25, -0.2) is 0 Å². The first-order chi connectivity index (χ1) is 23.3. The SMILES string of the molecule is COc1ccc(P(c2ccccc2P(c2ccccc2)c2ccccc2)c2ccccc2P(c2ccccc2)c2ccccc2)cc1. The van der Waals surface area contributed by atoms with E-state index in [1.165, 1.54) is 47.7 Å². The van der Waals surface area contributed by atoms with Crippen LogP contribution in [0.25, 0.3) is 0 Å². The first kappa shape index (κ1) is 31.2. The highest BCUT2D eigenvalue weighted by Gasteiger charge is 2.29. The van der Waals surface area contributed by atoms with Crippen molar-refractivity contribution in [2.24, 2.45) is 0 Å². The lowest BCUT2D eigenvalue weighted by atomic mass is 10.3. The Morgan fingerprint density at radius 3 is 0.830 bits per heavy atom. The number of methoxy groups -OCH3 is 1. The van der Waals surface area contributed by atoms with Crippen LogP contribution in [0.1, 0.15) is 0 Å². The summed E-state index contributed by atoms with van der Waals surface area (Å²) in [6.07, 6.45) is 0. The molecule has 0 N–H and O–H groups in total. The molecule has 0 bridgehead atoms. The summed E-state index contributed by atoms with van der Waals surface area (Å²) in [6, 6.07) is 71.4. The van der Waals surface area contributed by atoms with Crippen LogP contribution < -0.4 is 52.5 Å². The molecule has 0 unspecified atom stereocenters. The van der Waals surface area contributed by atoms with E-state index >= 15 is 0 Å². The Morgan fingerprint density at radius 2 is 0.532 bits per heavy atom. The molecule has 0 heterocycles. The minimum Gasteiger partial charge on any atom is -0.497 e. The van der Waals surface area contributed by atoms with Gasteiger partial charge >= 0.3 is 0 Å². The molecule has 1 nitrogen and oxygen atoms in total. The highest BCUT2D eigenvalue weighted by atomic mass is 31.1. The molecular formula is C43H35OP3. The van der Waals surface area contributed by atoms with Gasteiger partial charge in [0.2, 0.25) is 0 Å². The molecule has 0 aromatic heterocycles. The molecule has 7 aromatic rings. The van der Waals surface area contributed by atoms with Crippen molar-refractivity contribution >= 4 is 71.5 Å². The van der Waals surface area contributed by atoms with Crippen molar-refractivity contribution in [2.45, 2.75) is 0 Å². The molecule has 0 amide bonds. The number of hydrogen-bond donors (Lipinski definition) is 0. The minimum absolute atomic E-state index is 0.805. The molecule has 4 heteroatoms. The lowest BCUT2D eigenvalue weighted by Crippen LogP contribution is -2.39. The molecule has 0 fully saturated rings. The van der Waals surface area contributed by atoms with Crippen molar-refractivity contribution in [1.82, 2.24) is 0 Å². The fraction of sp³-hybridized carbons (Fsp3) is 0.0233. The van der Waals surface area contributed by atoms with E-state index in [1.807, 2.05) is 0 Å². The molecule has 0 saturated heterocycles. The normalized spacial score (nSPS) is 11.2. The highest BCUT2D eigenvalue weighted by molar-refractivity contribution is 7.87. The third kappa shape index (κ3) is 6.86. The van der Waals surface area contributed by atoms with Gasteiger partial charge in [-0.2, -0.15) is 0 Å². The van der Waals surface area contributed by atoms with Crippen LogP contribution in [0.4, 0.5) is 0 Å². The van der Waals surface area contributed by atoms with Crippen LogP contribution in [-0.4, -0.2) is 7.11 Å². The summed E-state index contributed by atoms with van der Waals surface area (Å²) in [7, 11) is -0.826. The molecule has 0 aliphatic heterocycles. The van der Waals surface area contributed by atoms with Crippen molar-refractivity contribution in [3.05, 3.63) is 194 Å². The minimum atomic E-state index is -0.954. The van der Waals surface area contributed by atoms with Crippen LogP contribution in [-0.2, 0) is 0 Å². The lowest BCUT2D eigenvalue weighted by Gasteiger charge is -2.30. The second-order valence-electron chi connectivity index (χ2n) is 11.0. The largest absolute Gasteiger partial charge is 0.497 e. The summed E-state index contributed by atoms with van der Waals surface area (Å²) in [6.45, 7) is 0. The van der Waals surface area contributed by atoms with Crippen LogP contribution in [0.15, 0.2) is 194 Å². The summed E-state index contributed by atoms with van der Waals surface area (Å²) in [5, 5.41) is 12.3. The third-order valence-electron chi connectivity index (χ3n) is 8.12. The van der Waals surface area contributed by atoms with Crippen LogP contribution in [0, 0.1) is 0 Å². The van der Waals surface area contributed by atoms with Gasteiger partial charge in [-0.3, -0.25) is 0 Å². The first-order valence-corrected chi connectivity index (χ1v) is 19.8. The Hall–Kier alpha value is -4.37. The second kappa shape index (κ2) is 15.0.